The highest BCUT2D eigenvalue weighted by molar-refractivity contribution is 7.99. The number of aromatic hydroxyl groups is 1. The Morgan fingerprint density at radius 2 is 1.91 bits per heavy atom. The number of fused-ring (bicyclic) bond motifs is 4. The largest absolute Gasteiger partial charge is 0.505 e. The van der Waals surface area contributed by atoms with Gasteiger partial charge in [0, 0.05) is 22.1 Å². The van der Waals surface area contributed by atoms with Crippen LogP contribution in [-0.2, 0) is 5.41 Å². The predicted molar refractivity (Wildman–Crippen MR) is 119 cm³/mol. The zero-order valence-corrected chi connectivity index (χ0v) is 18.2. The summed E-state index contributed by atoms with van der Waals surface area (Å²) < 4.78 is 25.9. The summed E-state index contributed by atoms with van der Waals surface area (Å²) in [7, 11) is 1.57. The van der Waals surface area contributed by atoms with E-state index in [9.17, 15) is 19.1 Å². The van der Waals surface area contributed by atoms with Crippen molar-refractivity contribution in [2.24, 2.45) is 0 Å². The Labute approximate surface area is 185 Å². The second-order valence-corrected chi connectivity index (χ2v) is 9.13. The molecule has 32 heavy (non-hydrogen) atoms. The maximum absolute atomic E-state index is 13.6. The van der Waals surface area contributed by atoms with E-state index in [2.05, 4.69) is 0 Å². The molecule has 0 bridgehead atoms. The first-order chi connectivity index (χ1) is 15.2. The van der Waals surface area contributed by atoms with Gasteiger partial charge in [0.2, 0.25) is 0 Å². The molecule has 0 saturated heterocycles. The average Bonchev–Trinajstić information content (AvgIpc) is 2.97. The van der Waals surface area contributed by atoms with E-state index in [0.29, 0.717) is 22.0 Å². The number of aromatic nitrogens is 1. The van der Waals surface area contributed by atoms with Crippen molar-refractivity contribution >= 4 is 22.7 Å². The van der Waals surface area contributed by atoms with Gasteiger partial charge in [0.05, 0.1) is 12.8 Å². The fraction of sp³-hybridized carbons (Fsp3) is 0.167. The number of ether oxygens (including phenoxy) is 1. The number of nitrogens with zero attached hydrogens (tertiary/aromatic N) is 1. The van der Waals surface area contributed by atoms with Crippen LogP contribution in [0, 0.1) is 5.82 Å². The van der Waals surface area contributed by atoms with Crippen LogP contribution in [0.2, 0.25) is 0 Å². The summed E-state index contributed by atoms with van der Waals surface area (Å²) in [6.45, 7) is 3.92. The van der Waals surface area contributed by atoms with Crippen molar-refractivity contribution in [2.45, 2.75) is 29.1 Å². The van der Waals surface area contributed by atoms with Crippen LogP contribution in [0.25, 0.3) is 16.7 Å². The van der Waals surface area contributed by atoms with Crippen molar-refractivity contribution in [3.8, 4) is 17.2 Å². The van der Waals surface area contributed by atoms with Crippen molar-refractivity contribution in [1.82, 2.24) is 4.57 Å². The molecule has 1 aliphatic rings. The Hall–Kier alpha value is -3.52. The van der Waals surface area contributed by atoms with E-state index < -0.39 is 28.2 Å². The zero-order chi connectivity index (χ0) is 22.8. The van der Waals surface area contributed by atoms with Gasteiger partial charge in [-0.25, -0.2) is 9.18 Å². The van der Waals surface area contributed by atoms with Crippen LogP contribution in [0.15, 0.2) is 72.3 Å². The lowest BCUT2D eigenvalue weighted by atomic mass is 9.83. The first-order valence-electron chi connectivity index (χ1n) is 9.81. The molecule has 0 radical (unpaired) electrons. The standard InChI is InChI=1S/C24H18FNO5S/c1-24(2)15-10-13(30-3)7-8-16(15)26-18(24)11-17-19(22(26)28)20(27)21(23(29)31-17)32-14-6-4-5-12(25)9-14/h4-11,27H,1-3H3. The van der Waals surface area contributed by atoms with Crippen LogP contribution in [-0.4, -0.2) is 16.8 Å². The number of halogens is 1. The average molecular weight is 451 g/mol. The van der Waals surface area contributed by atoms with Gasteiger partial charge in [0.15, 0.2) is 5.75 Å². The summed E-state index contributed by atoms with van der Waals surface area (Å²) in [6.07, 6.45) is 0. The predicted octanol–water partition coefficient (Wildman–Crippen LogP) is 4.59. The first kappa shape index (κ1) is 20.4. The highest BCUT2D eigenvalue weighted by Gasteiger charge is 2.38. The lowest BCUT2D eigenvalue weighted by molar-refractivity contribution is 0.413. The Bertz CT molecular complexity index is 1540. The number of hydrogen-bond acceptors (Lipinski definition) is 6. The molecule has 1 aliphatic heterocycles. The second kappa shape index (κ2) is 7.00. The number of rotatable bonds is 3. The van der Waals surface area contributed by atoms with Gasteiger partial charge in [-0.15, -0.1) is 0 Å². The quantitative estimate of drug-likeness (QED) is 0.491. The minimum Gasteiger partial charge on any atom is -0.505 e. The molecule has 0 fully saturated rings. The van der Waals surface area contributed by atoms with Crippen LogP contribution in [0.5, 0.6) is 11.5 Å². The van der Waals surface area contributed by atoms with Gasteiger partial charge in [-0.3, -0.25) is 9.36 Å². The van der Waals surface area contributed by atoms with Crippen molar-refractivity contribution in [3.63, 3.8) is 0 Å². The van der Waals surface area contributed by atoms with Crippen molar-refractivity contribution < 1.29 is 18.7 Å². The third kappa shape index (κ3) is 2.86. The van der Waals surface area contributed by atoms with Crippen molar-refractivity contribution in [1.29, 1.82) is 0 Å². The van der Waals surface area contributed by atoms with Gasteiger partial charge in [0.25, 0.3) is 5.56 Å². The van der Waals surface area contributed by atoms with E-state index in [0.717, 1.165) is 17.3 Å². The van der Waals surface area contributed by atoms with Crippen LogP contribution in [0.1, 0.15) is 25.1 Å². The SMILES string of the molecule is COc1ccc2c(c1)C(C)(C)c1cc3oc(=O)c(Sc4cccc(F)c4)c(O)c3c(=O)n1-2. The first-order valence-corrected chi connectivity index (χ1v) is 10.6. The fourth-order valence-electron chi connectivity index (χ4n) is 4.16. The summed E-state index contributed by atoms with van der Waals surface area (Å²) in [4.78, 5) is 26.4. The molecular weight excluding hydrogens is 433 g/mol. The van der Waals surface area contributed by atoms with Crippen LogP contribution >= 0.6 is 11.8 Å². The summed E-state index contributed by atoms with van der Waals surface area (Å²) in [5.41, 5.74) is 0.301. The minimum atomic E-state index is -0.802. The molecule has 2 aromatic carbocycles. The van der Waals surface area contributed by atoms with Crippen molar-refractivity contribution in [2.75, 3.05) is 7.11 Å². The molecule has 4 aromatic rings. The van der Waals surface area contributed by atoms with Gasteiger partial charge in [-0.05, 0) is 42.0 Å². The van der Waals surface area contributed by atoms with Crippen molar-refractivity contribution in [3.05, 3.63) is 86.4 Å². The van der Waals surface area contributed by atoms with E-state index in [-0.39, 0.29) is 15.9 Å². The Morgan fingerprint density at radius 3 is 2.62 bits per heavy atom. The third-order valence-corrected chi connectivity index (χ3v) is 6.84. The van der Waals surface area contributed by atoms with Crippen LogP contribution < -0.4 is 15.9 Å². The maximum atomic E-state index is 13.6. The third-order valence-electron chi connectivity index (χ3n) is 5.79. The zero-order valence-electron chi connectivity index (χ0n) is 17.4. The molecule has 2 aromatic heterocycles. The lowest BCUT2D eigenvalue weighted by Gasteiger charge is -2.20. The van der Waals surface area contributed by atoms with E-state index >= 15 is 0 Å². The molecule has 0 unspecified atom stereocenters. The number of benzene rings is 2. The number of pyridine rings is 1. The summed E-state index contributed by atoms with van der Waals surface area (Å²) in [6, 6.07) is 12.6. The Morgan fingerprint density at radius 1 is 1.12 bits per heavy atom. The van der Waals surface area contributed by atoms with Gasteiger partial charge < -0.3 is 14.3 Å². The van der Waals surface area contributed by atoms with Gasteiger partial charge in [-0.1, -0.05) is 31.7 Å². The van der Waals surface area contributed by atoms with E-state index in [1.807, 2.05) is 19.9 Å². The molecule has 6 nitrogen and oxygen atoms in total. The molecule has 0 spiro atoms. The molecule has 1 N–H and O–H groups in total. The molecule has 0 amide bonds. The Balaban J connectivity index is 1.78. The van der Waals surface area contributed by atoms with Gasteiger partial charge in [-0.2, -0.15) is 0 Å². The molecule has 0 saturated carbocycles. The summed E-state index contributed by atoms with van der Waals surface area (Å²) in [5.74, 6) is -0.303. The van der Waals surface area contributed by atoms with Crippen LogP contribution in [0.3, 0.4) is 0 Å². The molecule has 162 valence electrons. The van der Waals surface area contributed by atoms with E-state index in [1.165, 1.54) is 22.8 Å². The topological polar surface area (TPSA) is 81.7 Å². The number of hydrogen-bond donors (Lipinski definition) is 1. The van der Waals surface area contributed by atoms with Gasteiger partial charge in [0.1, 0.15) is 27.4 Å². The summed E-state index contributed by atoms with van der Waals surface area (Å²) >= 11 is 0.841. The van der Waals surface area contributed by atoms with Crippen LogP contribution in [0.4, 0.5) is 4.39 Å². The molecule has 3 heterocycles. The lowest BCUT2D eigenvalue weighted by Crippen LogP contribution is -2.24. The van der Waals surface area contributed by atoms with E-state index in [4.69, 9.17) is 9.15 Å². The highest BCUT2D eigenvalue weighted by atomic mass is 32.2. The van der Waals surface area contributed by atoms with Gasteiger partial charge >= 0.3 is 5.63 Å². The number of methoxy groups -OCH3 is 1. The maximum Gasteiger partial charge on any atom is 0.354 e. The highest BCUT2D eigenvalue weighted by Crippen LogP contribution is 2.44. The van der Waals surface area contributed by atoms with E-state index in [1.54, 1.807) is 31.4 Å². The molecule has 5 rings (SSSR count). The Kier molecular flexibility index (Phi) is 4.46. The fourth-order valence-corrected chi connectivity index (χ4v) is 5.03. The molecular formula is C24H18FNO5S. The molecule has 8 heteroatoms. The molecule has 0 atom stereocenters. The second-order valence-electron chi connectivity index (χ2n) is 8.04. The molecule has 0 aliphatic carbocycles. The smallest absolute Gasteiger partial charge is 0.354 e. The minimum absolute atomic E-state index is 0.000174. The summed E-state index contributed by atoms with van der Waals surface area (Å²) in [5, 5.41) is 10.8. The monoisotopic (exact) mass is 451 g/mol. The normalized spacial score (nSPS) is 13.8.